The van der Waals surface area contributed by atoms with Crippen molar-refractivity contribution in [3.8, 4) is 0 Å². The number of thioether (sulfide) groups is 1. The van der Waals surface area contributed by atoms with E-state index in [-0.39, 0.29) is 5.91 Å². The lowest BCUT2D eigenvalue weighted by Crippen LogP contribution is -2.36. The first-order valence-corrected chi connectivity index (χ1v) is 10.9. The summed E-state index contributed by atoms with van der Waals surface area (Å²) in [6.45, 7) is 1.43. The number of H-pyrrole nitrogens is 1. The zero-order valence-electron chi connectivity index (χ0n) is 14.4. The van der Waals surface area contributed by atoms with E-state index in [2.05, 4.69) is 22.1 Å². The van der Waals surface area contributed by atoms with Crippen LogP contribution in [0.4, 0.5) is 0 Å². The summed E-state index contributed by atoms with van der Waals surface area (Å²) >= 11 is 9.13. The molecule has 0 aliphatic carbocycles. The Bertz CT molecular complexity index is 1170. The first-order valence-electron chi connectivity index (χ1n) is 8.72. The van der Waals surface area contributed by atoms with Crippen LogP contribution in [0.2, 0.25) is 5.02 Å². The molecular formula is C20H16ClN3OS2. The van der Waals surface area contributed by atoms with Gasteiger partial charge in [-0.1, -0.05) is 41.6 Å². The lowest BCUT2D eigenvalue weighted by molar-refractivity contribution is -0.129. The van der Waals surface area contributed by atoms with E-state index in [1.54, 1.807) is 11.3 Å². The molecule has 0 spiro atoms. The number of fused-ring (bicyclic) bond motifs is 4. The monoisotopic (exact) mass is 413 g/mol. The zero-order valence-corrected chi connectivity index (χ0v) is 16.8. The van der Waals surface area contributed by atoms with Crippen LogP contribution in [0.1, 0.15) is 11.3 Å². The number of para-hydroxylation sites is 1. The SMILES string of the molecule is O=C(CSc1nc2cc(Cl)ccc2s1)N1CCc2[nH]c3ccccc3c2C1. The second-order valence-electron chi connectivity index (χ2n) is 6.57. The highest BCUT2D eigenvalue weighted by Gasteiger charge is 2.24. The van der Waals surface area contributed by atoms with E-state index in [4.69, 9.17) is 11.6 Å². The summed E-state index contributed by atoms with van der Waals surface area (Å²) in [4.78, 5) is 22.8. The van der Waals surface area contributed by atoms with Crippen LogP contribution >= 0.6 is 34.7 Å². The quantitative estimate of drug-likeness (QED) is 0.475. The Balaban J connectivity index is 1.30. The summed E-state index contributed by atoms with van der Waals surface area (Å²) in [5.74, 6) is 0.568. The summed E-state index contributed by atoms with van der Waals surface area (Å²) < 4.78 is 2.00. The highest BCUT2D eigenvalue weighted by molar-refractivity contribution is 8.01. The predicted molar refractivity (Wildman–Crippen MR) is 113 cm³/mol. The van der Waals surface area contributed by atoms with Gasteiger partial charge in [0.15, 0.2) is 4.34 Å². The van der Waals surface area contributed by atoms with Crippen molar-refractivity contribution in [2.24, 2.45) is 0 Å². The maximum Gasteiger partial charge on any atom is 0.233 e. The van der Waals surface area contributed by atoms with Crippen LogP contribution in [0, 0.1) is 0 Å². The number of thiazole rings is 1. The third kappa shape index (κ3) is 3.22. The Morgan fingerprint density at radius 2 is 2.19 bits per heavy atom. The molecule has 27 heavy (non-hydrogen) atoms. The molecule has 1 aliphatic rings. The molecule has 1 N–H and O–H groups in total. The molecule has 0 unspecified atom stereocenters. The van der Waals surface area contributed by atoms with Crippen LogP contribution in [0.25, 0.3) is 21.1 Å². The lowest BCUT2D eigenvalue weighted by Gasteiger charge is -2.27. The van der Waals surface area contributed by atoms with Gasteiger partial charge in [0.05, 0.1) is 16.0 Å². The molecule has 1 aliphatic heterocycles. The Labute approximate surface area is 169 Å². The Morgan fingerprint density at radius 3 is 3.11 bits per heavy atom. The van der Waals surface area contributed by atoms with Gasteiger partial charge in [-0.25, -0.2) is 4.98 Å². The first kappa shape index (κ1) is 17.1. The fraction of sp³-hybridized carbons (Fsp3) is 0.200. The minimum atomic E-state index is 0.160. The van der Waals surface area contributed by atoms with Gasteiger partial charge < -0.3 is 9.88 Å². The van der Waals surface area contributed by atoms with Crippen molar-refractivity contribution in [3.05, 3.63) is 58.7 Å². The molecule has 4 aromatic rings. The lowest BCUT2D eigenvalue weighted by atomic mass is 10.0. The second kappa shape index (κ2) is 6.86. The van der Waals surface area contributed by atoms with Crippen LogP contribution in [-0.2, 0) is 17.8 Å². The maximum absolute atomic E-state index is 12.8. The molecule has 7 heteroatoms. The van der Waals surface area contributed by atoms with E-state index in [0.29, 0.717) is 17.3 Å². The highest BCUT2D eigenvalue weighted by atomic mass is 35.5. The number of amides is 1. The van der Waals surface area contributed by atoms with E-state index in [9.17, 15) is 4.79 Å². The van der Waals surface area contributed by atoms with Crippen molar-refractivity contribution in [3.63, 3.8) is 0 Å². The largest absolute Gasteiger partial charge is 0.358 e. The molecule has 0 fully saturated rings. The molecule has 2 aromatic carbocycles. The molecule has 0 atom stereocenters. The number of hydrogen-bond acceptors (Lipinski definition) is 4. The highest BCUT2D eigenvalue weighted by Crippen LogP contribution is 2.32. The van der Waals surface area contributed by atoms with Gasteiger partial charge in [0.25, 0.3) is 0 Å². The van der Waals surface area contributed by atoms with E-state index in [1.165, 1.54) is 28.4 Å². The van der Waals surface area contributed by atoms with Crippen LogP contribution < -0.4 is 0 Å². The third-order valence-electron chi connectivity index (χ3n) is 4.88. The minimum Gasteiger partial charge on any atom is -0.358 e. The first-order chi connectivity index (χ1) is 13.2. The summed E-state index contributed by atoms with van der Waals surface area (Å²) in [6.07, 6.45) is 0.875. The molecule has 2 aromatic heterocycles. The van der Waals surface area contributed by atoms with E-state index in [1.807, 2.05) is 35.2 Å². The number of nitrogens with zero attached hydrogens (tertiary/aromatic N) is 2. The van der Waals surface area contributed by atoms with Gasteiger partial charge in [0.1, 0.15) is 0 Å². The molecule has 3 heterocycles. The van der Waals surface area contributed by atoms with Gasteiger partial charge in [0.2, 0.25) is 5.91 Å². The van der Waals surface area contributed by atoms with Gasteiger partial charge in [-0.2, -0.15) is 0 Å². The van der Waals surface area contributed by atoms with Crippen molar-refractivity contribution in [1.29, 1.82) is 0 Å². The molecule has 1 amide bonds. The minimum absolute atomic E-state index is 0.160. The number of benzene rings is 2. The average Bonchev–Trinajstić information content (AvgIpc) is 3.25. The van der Waals surface area contributed by atoms with Crippen LogP contribution in [0.3, 0.4) is 0 Å². The van der Waals surface area contributed by atoms with Gasteiger partial charge >= 0.3 is 0 Å². The maximum atomic E-state index is 12.8. The Morgan fingerprint density at radius 1 is 1.30 bits per heavy atom. The average molecular weight is 414 g/mol. The Kier molecular flexibility index (Phi) is 4.34. The molecular weight excluding hydrogens is 398 g/mol. The van der Waals surface area contributed by atoms with Crippen LogP contribution in [0.5, 0.6) is 0 Å². The van der Waals surface area contributed by atoms with Crippen molar-refractivity contribution in [1.82, 2.24) is 14.9 Å². The van der Waals surface area contributed by atoms with Crippen LogP contribution in [0.15, 0.2) is 46.8 Å². The van der Waals surface area contributed by atoms with Gasteiger partial charge in [-0.15, -0.1) is 11.3 Å². The fourth-order valence-corrected chi connectivity index (χ4v) is 5.65. The summed E-state index contributed by atoms with van der Waals surface area (Å²) in [5, 5.41) is 1.91. The topological polar surface area (TPSA) is 49.0 Å². The van der Waals surface area contributed by atoms with Crippen molar-refractivity contribution < 1.29 is 4.79 Å². The van der Waals surface area contributed by atoms with Crippen molar-refractivity contribution >= 4 is 61.7 Å². The van der Waals surface area contributed by atoms with E-state index in [0.717, 1.165) is 33.0 Å². The normalized spacial score (nSPS) is 14.0. The molecule has 0 radical (unpaired) electrons. The number of aromatic nitrogens is 2. The summed E-state index contributed by atoms with van der Waals surface area (Å²) in [7, 11) is 0. The number of hydrogen-bond donors (Lipinski definition) is 1. The van der Waals surface area contributed by atoms with Gasteiger partial charge in [-0.05, 0) is 24.3 Å². The molecule has 5 rings (SSSR count). The fourth-order valence-electron chi connectivity index (χ4n) is 3.54. The van der Waals surface area contributed by atoms with E-state index < -0.39 is 0 Å². The van der Waals surface area contributed by atoms with Gasteiger partial charge in [-0.3, -0.25) is 4.79 Å². The number of rotatable bonds is 3. The van der Waals surface area contributed by atoms with Gasteiger partial charge in [0, 0.05) is 46.7 Å². The molecule has 136 valence electrons. The van der Waals surface area contributed by atoms with E-state index >= 15 is 0 Å². The third-order valence-corrected chi connectivity index (χ3v) is 7.28. The molecule has 0 saturated carbocycles. The van der Waals surface area contributed by atoms with Crippen molar-refractivity contribution in [2.45, 2.75) is 17.3 Å². The number of aromatic amines is 1. The number of nitrogens with one attached hydrogen (secondary N) is 1. The molecule has 4 nitrogen and oxygen atoms in total. The number of carbonyl (C=O) groups is 1. The van der Waals surface area contributed by atoms with Crippen LogP contribution in [-0.4, -0.2) is 33.1 Å². The smallest absolute Gasteiger partial charge is 0.233 e. The predicted octanol–water partition coefficient (Wildman–Crippen LogP) is 5.11. The Hall–Kier alpha value is -2.02. The number of carbonyl (C=O) groups excluding carboxylic acids is 1. The molecule has 0 saturated heterocycles. The number of halogens is 1. The summed E-state index contributed by atoms with van der Waals surface area (Å²) in [6, 6.07) is 14.0. The summed E-state index contributed by atoms with van der Waals surface area (Å²) in [5.41, 5.74) is 4.56. The second-order valence-corrected chi connectivity index (χ2v) is 9.26. The zero-order chi connectivity index (χ0) is 18.4. The van der Waals surface area contributed by atoms with Crippen molar-refractivity contribution in [2.75, 3.05) is 12.3 Å². The standard InChI is InChI=1S/C20H16ClN3OS2/c21-12-5-6-18-17(9-12)23-20(27-18)26-11-19(25)24-8-7-16-14(10-24)13-3-1-2-4-15(13)22-16/h1-6,9,22H,7-8,10-11H2. The molecule has 0 bridgehead atoms.